The molecule has 1 aliphatic rings. The molecular weight excluding hydrogens is 303 g/mol. The van der Waals surface area contributed by atoms with Crippen LogP contribution in [0.25, 0.3) is 11.3 Å². The van der Waals surface area contributed by atoms with Gasteiger partial charge in [-0.25, -0.2) is 4.98 Å². The van der Waals surface area contributed by atoms with Crippen LogP contribution in [0, 0.1) is 0 Å². The highest BCUT2D eigenvalue weighted by molar-refractivity contribution is 6.29. The van der Waals surface area contributed by atoms with E-state index in [1.165, 1.54) is 0 Å². The van der Waals surface area contributed by atoms with Crippen molar-refractivity contribution in [2.75, 3.05) is 0 Å². The number of nitrogens with zero attached hydrogens (tertiary/aromatic N) is 1. The molecule has 1 saturated carbocycles. The summed E-state index contributed by atoms with van der Waals surface area (Å²) in [6.07, 6.45) is -2.08. The first-order chi connectivity index (χ1) is 9.91. The molecule has 2 aromatic rings. The van der Waals surface area contributed by atoms with Crippen molar-refractivity contribution in [3.63, 3.8) is 0 Å². The summed E-state index contributed by atoms with van der Waals surface area (Å²) >= 11 is 5.68. The van der Waals surface area contributed by atoms with Crippen molar-refractivity contribution >= 4 is 11.6 Å². The molecule has 0 aliphatic heterocycles. The number of halogens is 4. The topological polar surface area (TPSA) is 22.1 Å². The number of alkyl halides is 3. The largest absolute Gasteiger partial charge is 0.490 e. The number of pyridine rings is 1. The minimum Gasteiger partial charge on any atom is -0.490 e. The van der Waals surface area contributed by atoms with Gasteiger partial charge in [0, 0.05) is 5.56 Å². The molecule has 0 amide bonds. The van der Waals surface area contributed by atoms with E-state index >= 15 is 0 Å². The molecule has 1 aliphatic carbocycles. The highest BCUT2D eigenvalue weighted by atomic mass is 35.5. The Balaban J connectivity index is 1.90. The highest BCUT2D eigenvalue weighted by Crippen LogP contribution is 2.34. The van der Waals surface area contributed by atoms with E-state index in [0.29, 0.717) is 11.3 Å². The van der Waals surface area contributed by atoms with Gasteiger partial charge in [-0.05, 0) is 49.2 Å². The minimum absolute atomic E-state index is 0.182. The summed E-state index contributed by atoms with van der Waals surface area (Å²) in [6.45, 7) is 0. The van der Waals surface area contributed by atoms with Crippen molar-refractivity contribution in [1.82, 2.24) is 4.98 Å². The number of hydrogen-bond acceptors (Lipinski definition) is 2. The Bertz CT molecular complexity index is 651. The molecule has 110 valence electrons. The van der Waals surface area contributed by atoms with Crippen molar-refractivity contribution in [2.24, 2.45) is 0 Å². The van der Waals surface area contributed by atoms with Gasteiger partial charge in [0.1, 0.15) is 10.9 Å². The Hall–Kier alpha value is -1.75. The monoisotopic (exact) mass is 313 g/mol. The summed E-state index contributed by atoms with van der Waals surface area (Å²) in [4.78, 5) is 3.95. The number of ether oxygens (including phenoxy) is 1. The highest BCUT2D eigenvalue weighted by Gasteiger charge is 2.31. The molecule has 0 N–H and O–H groups in total. The second kappa shape index (κ2) is 5.22. The lowest BCUT2D eigenvalue weighted by Crippen LogP contribution is -2.05. The first-order valence-corrected chi connectivity index (χ1v) is 6.81. The SMILES string of the molecule is FC(F)(F)c1cc(Cl)nc(-c2ccc(OC3CC3)cc2)c1. The van der Waals surface area contributed by atoms with Crippen molar-refractivity contribution in [2.45, 2.75) is 25.1 Å². The zero-order valence-corrected chi connectivity index (χ0v) is 11.6. The maximum atomic E-state index is 12.8. The van der Waals surface area contributed by atoms with Gasteiger partial charge in [-0.3, -0.25) is 0 Å². The van der Waals surface area contributed by atoms with Gasteiger partial charge < -0.3 is 4.74 Å². The first kappa shape index (κ1) is 14.2. The fourth-order valence-electron chi connectivity index (χ4n) is 1.89. The van der Waals surface area contributed by atoms with E-state index < -0.39 is 11.7 Å². The molecular formula is C15H11ClF3NO. The maximum absolute atomic E-state index is 12.8. The smallest absolute Gasteiger partial charge is 0.416 e. The molecule has 0 bridgehead atoms. The molecule has 1 heterocycles. The fourth-order valence-corrected chi connectivity index (χ4v) is 2.10. The normalized spacial score (nSPS) is 15.0. The van der Waals surface area contributed by atoms with E-state index in [-0.39, 0.29) is 17.0 Å². The van der Waals surface area contributed by atoms with Crippen LogP contribution < -0.4 is 4.74 Å². The van der Waals surface area contributed by atoms with Gasteiger partial charge in [0.25, 0.3) is 0 Å². The summed E-state index contributed by atoms with van der Waals surface area (Å²) < 4.78 is 43.9. The van der Waals surface area contributed by atoms with Crippen molar-refractivity contribution < 1.29 is 17.9 Å². The van der Waals surface area contributed by atoms with E-state index in [9.17, 15) is 13.2 Å². The van der Waals surface area contributed by atoms with Crippen molar-refractivity contribution in [3.8, 4) is 17.0 Å². The molecule has 2 nitrogen and oxygen atoms in total. The van der Waals surface area contributed by atoms with E-state index in [0.717, 1.165) is 25.0 Å². The molecule has 1 aromatic heterocycles. The van der Waals surface area contributed by atoms with E-state index in [2.05, 4.69) is 4.98 Å². The van der Waals surface area contributed by atoms with Gasteiger partial charge in [-0.15, -0.1) is 0 Å². The van der Waals surface area contributed by atoms with Crippen LogP contribution >= 0.6 is 11.6 Å². The number of aromatic nitrogens is 1. The van der Waals surface area contributed by atoms with Crippen LogP contribution in [0.5, 0.6) is 5.75 Å². The summed E-state index contributed by atoms with van der Waals surface area (Å²) in [6, 6.07) is 8.61. The molecule has 0 saturated heterocycles. The minimum atomic E-state index is -4.45. The third kappa shape index (κ3) is 3.47. The zero-order chi connectivity index (χ0) is 15.0. The molecule has 3 rings (SSSR count). The fraction of sp³-hybridized carbons (Fsp3) is 0.267. The number of benzene rings is 1. The van der Waals surface area contributed by atoms with E-state index in [1.807, 2.05) is 0 Å². The molecule has 0 atom stereocenters. The molecule has 6 heteroatoms. The lowest BCUT2D eigenvalue weighted by Gasteiger charge is -2.10. The van der Waals surface area contributed by atoms with Crippen molar-refractivity contribution in [1.29, 1.82) is 0 Å². The van der Waals surface area contributed by atoms with E-state index in [4.69, 9.17) is 16.3 Å². The summed E-state index contributed by atoms with van der Waals surface area (Å²) in [7, 11) is 0. The van der Waals surface area contributed by atoms with Crippen LogP contribution in [-0.2, 0) is 6.18 Å². The summed E-state index contributed by atoms with van der Waals surface area (Å²) in [5.74, 6) is 0.708. The van der Waals surface area contributed by atoms with Crippen LogP contribution in [0.4, 0.5) is 13.2 Å². The lowest BCUT2D eigenvalue weighted by atomic mass is 10.1. The second-order valence-electron chi connectivity index (χ2n) is 4.90. The van der Waals surface area contributed by atoms with Crippen LogP contribution in [0.15, 0.2) is 36.4 Å². The molecule has 21 heavy (non-hydrogen) atoms. The first-order valence-electron chi connectivity index (χ1n) is 6.44. The van der Waals surface area contributed by atoms with E-state index in [1.54, 1.807) is 24.3 Å². The van der Waals surface area contributed by atoms with Gasteiger partial charge in [0.05, 0.1) is 17.4 Å². The number of hydrogen-bond donors (Lipinski definition) is 0. The zero-order valence-electron chi connectivity index (χ0n) is 10.8. The summed E-state index contributed by atoms with van der Waals surface area (Å²) in [5.41, 5.74) is -0.0604. The maximum Gasteiger partial charge on any atom is 0.416 e. The molecule has 0 unspecified atom stereocenters. The standard InChI is InChI=1S/C15H11ClF3NO/c16-14-8-10(15(17,18)19)7-13(20-14)9-1-3-11(4-2-9)21-12-5-6-12/h1-4,7-8,12H,5-6H2. The van der Waals surface area contributed by atoms with Gasteiger partial charge in [-0.1, -0.05) is 11.6 Å². The Morgan fingerprint density at radius 3 is 2.33 bits per heavy atom. The Labute approximate surface area is 124 Å². The predicted molar refractivity (Wildman–Crippen MR) is 73.3 cm³/mol. The van der Waals surface area contributed by atoms with Gasteiger partial charge in [-0.2, -0.15) is 13.2 Å². The van der Waals surface area contributed by atoms with Crippen LogP contribution in [0.1, 0.15) is 18.4 Å². The van der Waals surface area contributed by atoms with Gasteiger partial charge in [0.15, 0.2) is 0 Å². The average molecular weight is 314 g/mol. The molecule has 1 fully saturated rings. The number of rotatable bonds is 3. The van der Waals surface area contributed by atoms with Crippen LogP contribution in [0.3, 0.4) is 0 Å². The Morgan fingerprint density at radius 2 is 1.76 bits per heavy atom. The predicted octanol–water partition coefficient (Wildman–Crippen LogP) is 4.96. The van der Waals surface area contributed by atoms with Crippen molar-refractivity contribution in [3.05, 3.63) is 47.1 Å². The Morgan fingerprint density at radius 1 is 1.10 bits per heavy atom. The third-order valence-electron chi connectivity index (χ3n) is 3.10. The van der Waals surface area contributed by atoms with Gasteiger partial charge >= 0.3 is 6.18 Å². The quantitative estimate of drug-likeness (QED) is 0.747. The second-order valence-corrected chi connectivity index (χ2v) is 5.29. The summed E-state index contributed by atoms with van der Waals surface area (Å²) in [5, 5.41) is -0.182. The Kier molecular flexibility index (Phi) is 3.53. The van der Waals surface area contributed by atoms with Gasteiger partial charge in [0.2, 0.25) is 0 Å². The van der Waals surface area contributed by atoms with Crippen LogP contribution in [0.2, 0.25) is 5.15 Å². The molecule has 0 spiro atoms. The molecule has 0 radical (unpaired) electrons. The molecule has 1 aromatic carbocycles. The third-order valence-corrected chi connectivity index (χ3v) is 3.29. The average Bonchev–Trinajstić information content (AvgIpc) is 3.22. The lowest BCUT2D eigenvalue weighted by molar-refractivity contribution is -0.137. The van der Waals surface area contributed by atoms with Crippen LogP contribution in [-0.4, -0.2) is 11.1 Å².